The molecule has 37 heavy (non-hydrogen) atoms. The lowest BCUT2D eigenvalue weighted by molar-refractivity contribution is 0.0947. The number of pyridine rings is 1. The van der Waals surface area contributed by atoms with E-state index in [2.05, 4.69) is 20.9 Å². The minimum Gasteiger partial charge on any atom is -0.465 e. The molecule has 1 fully saturated rings. The molecule has 1 aliphatic rings. The highest BCUT2D eigenvalue weighted by molar-refractivity contribution is 5.99. The first-order chi connectivity index (χ1) is 17.8. The molecule has 4 rings (SSSR count). The van der Waals surface area contributed by atoms with Gasteiger partial charge in [0.15, 0.2) is 0 Å². The number of carbonyl (C=O) groups excluding carboxylic acids is 2. The number of nitrogens with zero attached hydrogens (tertiary/aromatic N) is 2. The summed E-state index contributed by atoms with van der Waals surface area (Å²) in [7, 11) is 3.37. The minimum absolute atomic E-state index is 0.0236. The van der Waals surface area contributed by atoms with E-state index in [0.717, 1.165) is 35.9 Å². The van der Waals surface area contributed by atoms with Gasteiger partial charge in [-0.05, 0) is 56.1 Å². The largest absolute Gasteiger partial charge is 0.465 e. The first-order valence-electron chi connectivity index (χ1n) is 12.2. The molecule has 0 aliphatic heterocycles. The maximum absolute atomic E-state index is 13.1. The van der Waals surface area contributed by atoms with Crippen LogP contribution in [0.25, 0.3) is 10.9 Å². The van der Waals surface area contributed by atoms with E-state index < -0.39 is 17.6 Å². The SMILES string of the molecule is CNC(=O)c1cc(C(=O)N[C@H]2C[C@@H]2CCN(C)CCNC(=O)O)cn(Cc2cccc3[nH]ccc23)c1=O. The molecule has 1 aromatic carbocycles. The molecule has 1 aliphatic carbocycles. The molecule has 0 saturated heterocycles. The van der Waals surface area contributed by atoms with Gasteiger partial charge in [0.05, 0.1) is 12.1 Å². The van der Waals surface area contributed by atoms with Crippen molar-refractivity contribution in [3.05, 3.63) is 69.8 Å². The van der Waals surface area contributed by atoms with Gasteiger partial charge < -0.3 is 35.5 Å². The Morgan fingerprint density at radius 1 is 1.19 bits per heavy atom. The number of rotatable bonds is 11. The van der Waals surface area contributed by atoms with Crippen molar-refractivity contribution in [2.24, 2.45) is 5.92 Å². The molecule has 11 nitrogen and oxygen atoms in total. The van der Waals surface area contributed by atoms with Crippen molar-refractivity contribution < 1.29 is 19.5 Å². The normalized spacial score (nSPS) is 16.5. The van der Waals surface area contributed by atoms with Crippen molar-refractivity contribution in [3.8, 4) is 0 Å². The highest BCUT2D eigenvalue weighted by atomic mass is 16.4. The van der Waals surface area contributed by atoms with Crippen LogP contribution in [0.4, 0.5) is 4.79 Å². The van der Waals surface area contributed by atoms with Crippen molar-refractivity contribution in [1.29, 1.82) is 0 Å². The number of nitrogens with one attached hydrogen (secondary N) is 4. The summed E-state index contributed by atoms with van der Waals surface area (Å²) in [5.41, 5.74) is 1.54. The van der Waals surface area contributed by atoms with Crippen molar-refractivity contribution in [1.82, 2.24) is 30.4 Å². The number of hydrogen-bond acceptors (Lipinski definition) is 5. The highest BCUT2D eigenvalue weighted by Crippen LogP contribution is 2.34. The van der Waals surface area contributed by atoms with Gasteiger partial charge in [0, 0.05) is 49.5 Å². The number of aromatic nitrogens is 2. The molecule has 2 heterocycles. The summed E-state index contributed by atoms with van der Waals surface area (Å²) >= 11 is 0. The number of benzene rings is 1. The summed E-state index contributed by atoms with van der Waals surface area (Å²) in [6, 6.07) is 9.05. The summed E-state index contributed by atoms with van der Waals surface area (Å²) in [5.74, 6) is -0.544. The molecule has 0 spiro atoms. The second-order valence-corrected chi connectivity index (χ2v) is 9.41. The zero-order chi connectivity index (χ0) is 26.5. The van der Waals surface area contributed by atoms with Gasteiger partial charge in [0.1, 0.15) is 5.56 Å². The summed E-state index contributed by atoms with van der Waals surface area (Å²) in [5, 5.41) is 17.5. The lowest BCUT2D eigenvalue weighted by atomic mass is 10.1. The van der Waals surface area contributed by atoms with Crippen LogP contribution in [0.1, 0.15) is 39.1 Å². The summed E-state index contributed by atoms with van der Waals surface area (Å²) in [4.78, 5) is 54.4. The Balaban J connectivity index is 1.43. The Kier molecular flexibility index (Phi) is 7.92. The molecule has 5 N–H and O–H groups in total. The van der Waals surface area contributed by atoms with E-state index in [4.69, 9.17) is 5.11 Å². The predicted molar refractivity (Wildman–Crippen MR) is 139 cm³/mol. The molecular formula is C26H32N6O5. The van der Waals surface area contributed by atoms with Gasteiger partial charge in [-0.3, -0.25) is 14.4 Å². The van der Waals surface area contributed by atoms with Crippen LogP contribution in [0.2, 0.25) is 0 Å². The molecular weight excluding hydrogens is 476 g/mol. The fourth-order valence-corrected chi connectivity index (χ4v) is 4.49. The van der Waals surface area contributed by atoms with Gasteiger partial charge >= 0.3 is 6.09 Å². The Hall–Kier alpha value is -4.12. The first kappa shape index (κ1) is 26.0. The van der Waals surface area contributed by atoms with Crippen molar-refractivity contribution in [2.45, 2.75) is 25.4 Å². The number of amides is 3. The number of H-pyrrole nitrogens is 1. The number of aromatic amines is 1. The summed E-state index contributed by atoms with van der Waals surface area (Å²) < 4.78 is 1.41. The van der Waals surface area contributed by atoms with Gasteiger partial charge in [-0.15, -0.1) is 0 Å². The zero-order valence-electron chi connectivity index (χ0n) is 20.9. The lowest BCUT2D eigenvalue weighted by Crippen LogP contribution is -2.35. The quantitative estimate of drug-likeness (QED) is 0.265. The molecule has 3 aromatic rings. The van der Waals surface area contributed by atoms with E-state index in [1.165, 1.54) is 23.9 Å². The van der Waals surface area contributed by atoms with Crippen LogP contribution in [0.3, 0.4) is 0 Å². The second kappa shape index (κ2) is 11.3. The van der Waals surface area contributed by atoms with Crippen molar-refractivity contribution in [3.63, 3.8) is 0 Å². The highest BCUT2D eigenvalue weighted by Gasteiger charge is 2.38. The summed E-state index contributed by atoms with van der Waals surface area (Å²) in [6.45, 7) is 1.97. The van der Waals surface area contributed by atoms with Crippen molar-refractivity contribution in [2.75, 3.05) is 33.7 Å². The topological polar surface area (TPSA) is 149 Å². The Morgan fingerprint density at radius 3 is 2.76 bits per heavy atom. The number of hydrogen-bond donors (Lipinski definition) is 5. The molecule has 0 bridgehead atoms. The van der Waals surface area contributed by atoms with Gasteiger partial charge in [0.25, 0.3) is 17.4 Å². The average Bonchev–Trinajstić information content (AvgIpc) is 3.42. The lowest BCUT2D eigenvalue weighted by Gasteiger charge is -2.16. The number of likely N-dealkylation sites (N-methyl/N-ethyl adjacent to an activating group) is 1. The molecule has 2 atom stereocenters. The molecule has 11 heteroatoms. The van der Waals surface area contributed by atoms with E-state index in [0.29, 0.717) is 19.0 Å². The van der Waals surface area contributed by atoms with Crippen molar-refractivity contribution >= 4 is 28.8 Å². The van der Waals surface area contributed by atoms with Gasteiger partial charge in [-0.2, -0.15) is 0 Å². The van der Waals surface area contributed by atoms with E-state index in [-0.39, 0.29) is 29.6 Å². The summed E-state index contributed by atoms with van der Waals surface area (Å²) in [6.07, 6.45) is 4.03. The molecule has 1 saturated carbocycles. The van der Waals surface area contributed by atoms with Crippen LogP contribution in [-0.4, -0.2) is 77.2 Å². The van der Waals surface area contributed by atoms with Crippen LogP contribution in [0.15, 0.2) is 47.5 Å². The standard InChI is InChI=1S/C26H32N6O5/c1-27-24(34)20-12-18(15-32(25(20)35)14-17-4-3-5-21-19(17)6-8-28-21)23(33)30-22-13-16(22)7-10-31(2)11-9-29-26(36)37/h3-6,8,12,15-16,22,28-29H,7,9-11,13-14H2,1-2H3,(H,27,34)(H,30,33)(H,36,37)/t16-,22-/m0/s1. The van der Waals surface area contributed by atoms with E-state index in [9.17, 15) is 19.2 Å². The Morgan fingerprint density at radius 2 is 2.00 bits per heavy atom. The monoisotopic (exact) mass is 508 g/mol. The molecule has 3 amide bonds. The maximum atomic E-state index is 13.1. The smallest absolute Gasteiger partial charge is 0.404 e. The minimum atomic E-state index is -1.04. The zero-order valence-corrected chi connectivity index (χ0v) is 20.9. The van der Waals surface area contributed by atoms with Crippen LogP contribution in [0.5, 0.6) is 0 Å². The third kappa shape index (κ3) is 6.36. The number of carbonyl (C=O) groups is 3. The maximum Gasteiger partial charge on any atom is 0.404 e. The predicted octanol–water partition coefficient (Wildman–Crippen LogP) is 1.45. The van der Waals surface area contributed by atoms with Gasteiger partial charge in [-0.25, -0.2) is 4.79 Å². The van der Waals surface area contributed by atoms with Crippen LogP contribution < -0.4 is 21.5 Å². The Bertz CT molecular complexity index is 1360. The van der Waals surface area contributed by atoms with Crippen LogP contribution >= 0.6 is 0 Å². The third-order valence-electron chi connectivity index (χ3n) is 6.74. The second-order valence-electron chi connectivity index (χ2n) is 9.41. The van der Waals surface area contributed by atoms with E-state index in [1.54, 1.807) is 0 Å². The van der Waals surface area contributed by atoms with Gasteiger partial charge in [-0.1, -0.05) is 12.1 Å². The molecule has 0 radical (unpaired) electrons. The fourth-order valence-electron chi connectivity index (χ4n) is 4.49. The Labute approximate surface area is 213 Å². The number of carboxylic acid groups (broad SMARTS) is 1. The third-order valence-corrected chi connectivity index (χ3v) is 6.74. The van der Waals surface area contributed by atoms with Gasteiger partial charge in [0.2, 0.25) is 0 Å². The van der Waals surface area contributed by atoms with E-state index in [1.807, 2.05) is 42.4 Å². The average molecular weight is 509 g/mol. The molecule has 2 aromatic heterocycles. The van der Waals surface area contributed by atoms with E-state index >= 15 is 0 Å². The van der Waals surface area contributed by atoms with Crippen LogP contribution in [0, 0.1) is 5.92 Å². The van der Waals surface area contributed by atoms with Crippen LogP contribution in [-0.2, 0) is 6.54 Å². The molecule has 196 valence electrons. The number of fused-ring (bicyclic) bond motifs is 1. The first-order valence-corrected chi connectivity index (χ1v) is 12.2. The fraction of sp³-hybridized carbons (Fsp3) is 0.385. The molecule has 0 unspecified atom stereocenters.